The molecule has 0 heterocycles. The fourth-order valence-corrected chi connectivity index (χ4v) is 4.50. The van der Waals surface area contributed by atoms with Gasteiger partial charge in [0.05, 0.1) is 6.61 Å². The van der Waals surface area contributed by atoms with Crippen LogP contribution in [0.25, 0.3) is 0 Å². The second-order valence-electron chi connectivity index (χ2n) is 7.18. The first-order valence-corrected chi connectivity index (χ1v) is 9.02. The molecule has 0 aromatic carbocycles. The molecule has 2 aliphatic carbocycles. The largest absolute Gasteiger partial charge is 0.377 e. The fraction of sp³-hybridized carbons (Fsp3) is 0.895. The molecule has 0 N–H and O–H groups in total. The third-order valence-corrected chi connectivity index (χ3v) is 5.74. The summed E-state index contributed by atoms with van der Waals surface area (Å²) < 4.78 is 5.63. The van der Waals surface area contributed by atoms with Crippen molar-refractivity contribution in [3.8, 4) is 0 Å². The van der Waals surface area contributed by atoms with Crippen LogP contribution in [0.2, 0.25) is 0 Å². The maximum absolute atomic E-state index is 5.63. The van der Waals surface area contributed by atoms with Gasteiger partial charge in [-0.05, 0) is 62.2 Å². The molecule has 1 heteroatoms. The van der Waals surface area contributed by atoms with Gasteiger partial charge in [-0.25, -0.2) is 0 Å². The molecule has 2 aliphatic rings. The quantitative estimate of drug-likeness (QED) is 0.435. The standard InChI is InChI=1S/C19H34O/c1-3-5-16-6-10-18(11-7-16)19-12-8-17(9-13-19)15-20-14-4-2/h4,16-19H,2-3,5-15H2,1H3. The van der Waals surface area contributed by atoms with Gasteiger partial charge in [-0.3, -0.25) is 0 Å². The highest BCUT2D eigenvalue weighted by molar-refractivity contribution is 4.82. The highest BCUT2D eigenvalue weighted by atomic mass is 16.5. The van der Waals surface area contributed by atoms with E-state index in [4.69, 9.17) is 4.74 Å². The Morgan fingerprint density at radius 1 is 0.900 bits per heavy atom. The lowest BCUT2D eigenvalue weighted by Gasteiger charge is -2.37. The lowest BCUT2D eigenvalue weighted by molar-refractivity contribution is 0.0780. The number of hydrogen-bond donors (Lipinski definition) is 0. The predicted octanol–water partition coefficient (Wildman–Crippen LogP) is 5.60. The van der Waals surface area contributed by atoms with Crippen LogP contribution in [0.3, 0.4) is 0 Å². The van der Waals surface area contributed by atoms with Gasteiger partial charge in [0.1, 0.15) is 0 Å². The molecular formula is C19H34O. The van der Waals surface area contributed by atoms with Crippen LogP contribution in [0.5, 0.6) is 0 Å². The van der Waals surface area contributed by atoms with Crippen molar-refractivity contribution in [3.05, 3.63) is 12.7 Å². The minimum Gasteiger partial charge on any atom is -0.377 e. The average molecular weight is 278 g/mol. The zero-order chi connectivity index (χ0) is 14.2. The van der Waals surface area contributed by atoms with E-state index < -0.39 is 0 Å². The van der Waals surface area contributed by atoms with Gasteiger partial charge in [0.15, 0.2) is 0 Å². The second-order valence-corrected chi connectivity index (χ2v) is 7.18. The molecule has 2 fully saturated rings. The highest BCUT2D eigenvalue weighted by Gasteiger charge is 2.30. The third-order valence-electron chi connectivity index (χ3n) is 5.74. The minimum absolute atomic E-state index is 0.724. The summed E-state index contributed by atoms with van der Waals surface area (Å²) in [7, 11) is 0. The molecule has 0 aromatic rings. The van der Waals surface area contributed by atoms with Crippen molar-refractivity contribution in [2.45, 2.75) is 71.1 Å². The summed E-state index contributed by atoms with van der Waals surface area (Å²) in [5, 5.41) is 0. The molecule has 0 radical (unpaired) electrons. The van der Waals surface area contributed by atoms with Gasteiger partial charge in [0.2, 0.25) is 0 Å². The molecule has 1 nitrogen and oxygen atoms in total. The van der Waals surface area contributed by atoms with Crippen LogP contribution in [0.1, 0.15) is 71.1 Å². The number of hydrogen-bond acceptors (Lipinski definition) is 1. The lowest BCUT2D eigenvalue weighted by atomic mass is 9.69. The fourth-order valence-electron chi connectivity index (χ4n) is 4.50. The van der Waals surface area contributed by atoms with Gasteiger partial charge in [0, 0.05) is 6.61 Å². The maximum atomic E-state index is 5.63. The summed E-state index contributed by atoms with van der Waals surface area (Å²) in [4.78, 5) is 0. The summed E-state index contributed by atoms with van der Waals surface area (Å²) in [5.74, 6) is 3.97. The highest BCUT2D eigenvalue weighted by Crippen LogP contribution is 2.42. The zero-order valence-electron chi connectivity index (χ0n) is 13.5. The van der Waals surface area contributed by atoms with Gasteiger partial charge < -0.3 is 4.74 Å². The Bertz CT molecular complexity index is 257. The van der Waals surface area contributed by atoms with E-state index >= 15 is 0 Å². The molecule has 2 saturated carbocycles. The van der Waals surface area contributed by atoms with Crippen molar-refractivity contribution in [1.29, 1.82) is 0 Å². The number of ether oxygens (including phenoxy) is 1. The summed E-state index contributed by atoms with van der Waals surface area (Å²) in [6, 6.07) is 0. The van der Waals surface area contributed by atoms with E-state index in [0.29, 0.717) is 0 Å². The van der Waals surface area contributed by atoms with E-state index in [1.54, 1.807) is 0 Å². The van der Waals surface area contributed by atoms with E-state index in [9.17, 15) is 0 Å². The van der Waals surface area contributed by atoms with E-state index in [1.807, 2.05) is 6.08 Å². The molecule has 116 valence electrons. The van der Waals surface area contributed by atoms with Gasteiger partial charge in [-0.15, -0.1) is 6.58 Å². The summed E-state index contributed by atoms with van der Waals surface area (Å²) in [6.07, 6.45) is 16.5. The summed E-state index contributed by atoms with van der Waals surface area (Å²) in [5.41, 5.74) is 0. The van der Waals surface area contributed by atoms with E-state index in [2.05, 4.69) is 13.5 Å². The van der Waals surface area contributed by atoms with Crippen molar-refractivity contribution >= 4 is 0 Å². The Kier molecular flexibility index (Phi) is 7.13. The van der Waals surface area contributed by atoms with Gasteiger partial charge in [0.25, 0.3) is 0 Å². The molecule has 0 atom stereocenters. The van der Waals surface area contributed by atoms with Crippen LogP contribution in [-0.4, -0.2) is 13.2 Å². The Labute approximate surface area is 126 Å². The van der Waals surface area contributed by atoms with Crippen LogP contribution >= 0.6 is 0 Å². The summed E-state index contributed by atoms with van der Waals surface area (Å²) >= 11 is 0. The van der Waals surface area contributed by atoms with Crippen molar-refractivity contribution < 1.29 is 4.74 Å². The Hall–Kier alpha value is -0.300. The molecule has 0 aliphatic heterocycles. The SMILES string of the molecule is C=CCOCC1CCC(C2CCC(CCC)CC2)CC1. The first kappa shape index (κ1) is 16.1. The molecule has 2 rings (SSSR count). The summed E-state index contributed by atoms with van der Waals surface area (Å²) in [6.45, 7) is 7.73. The van der Waals surface area contributed by atoms with Crippen molar-refractivity contribution in [1.82, 2.24) is 0 Å². The lowest BCUT2D eigenvalue weighted by Crippen LogP contribution is -2.27. The topological polar surface area (TPSA) is 9.23 Å². The van der Waals surface area contributed by atoms with Crippen LogP contribution in [0, 0.1) is 23.7 Å². The van der Waals surface area contributed by atoms with Crippen LogP contribution in [0.4, 0.5) is 0 Å². The first-order valence-electron chi connectivity index (χ1n) is 9.02. The Morgan fingerprint density at radius 2 is 1.45 bits per heavy atom. The molecule has 0 bridgehead atoms. The van der Waals surface area contributed by atoms with Crippen LogP contribution in [-0.2, 0) is 4.74 Å². The number of rotatable bonds is 7. The molecular weight excluding hydrogens is 244 g/mol. The molecule has 0 amide bonds. The molecule has 0 aromatic heterocycles. The maximum Gasteiger partial charge on any atom is 0.0644 e. The molecule has 0 spiro atoms. The van der Waals surface area contributed by atoms with Gasteiger partial charge in [-0.2, -0.15) is 0 Å². The third kappa shape index (κ3) is 4.91. The molecule has 20 heavy (non-hydrogen) atoms. The Balaban J connectivity index is 1.63. The first-order chi connectivity index (χ1) is 9.83. The second kappa shape index (κ2) is 8.87. The smallest absolute Gasteiger partial charge is 0.0644 e. The normalized spacial score (nSPS) is 34.9. The molecule has 0 unspecified atom stereocenters. The monoisotopic (exact) mass is 278 g/mol. The van der Waals surface area contributed by atoms with Crippen LogP contribution < -0.4 is 0 Å². The average Bonchev–Trinajstić information content (AvgIpc) is 2.49. The molecule has 0 saturated heterocycles. The van der Waals surface area contributed by atoms with Crippen molar-refractivity contribution in [2.75, 3.05) is 13.2 Å². The zero-order valence-corrected chi connectivity index (χ0v) is 13.5. The van der Waals surface area contributed by atoms with Crippen LogP contribution in [0.15, 0.2) is 12.7 Å². The van der Waals surface area contributed by atoms with E-state index in [1.165, 1.54) is 64.2 Å². The van der Waals surface area contributed by atoms with E-state index in [-0.39, 0.29) is 0 Å². The Morgan fingerprint density at radius 3 is 1.95 bits per heavy atom. The van der Waals surface area contributed by atoms with Crippen molar-refractivity contribution in [3.63, 3.8) is 0 Å². The van der Waals surface area contributed by atoms with Gasteiger partial charge in [-0.1, -0.05) is 38.7 Å². The van der Waals surface area contributed by atoms with E-state index in [0.717, 1.165) is 36.9 Å². The van der Waals surface area contributed by atoms with Crippen molar-refractivity contribution in [2.24, 2.45) is 23.7 Å². The predicted molar refractivity (Wildman–Crippen MR) is 86.8 cm³/mol. The van der Waals surface area contributed by atoms with Gasteiger partial charge >= 0.3 is 0 Å². The minimum atomic E-state index is 0.724.